The molecule has 1 amide bonds. The molecule has 1 aromatic rings. The molecule has 0 saturated carbocycles. The Bertz CT molecular complexity index is 610. The first-order chi connectivity index (χ1) is 11.4. The van der Waals surface area contributed by atoms with Crippen molar-refractivity contribution in [1.29, 1.82) is 0 Å². The molecule has 2 aliphatic rings. The van der Waals surface area contributed by atoms with Crippen LogP contribution in [0.2, 0.25) is 0 Å². The van der Waals surface area contributed by atoms with Gasteiger partial charge < -0.3 is 19.5 Å². The fourth-order valence-electron chi connectivity index (χ4n) is 3.00. The number of hydrogen-bond acceptors (Lipinski definition) is 5. The maximum absolute atomic E-state index is 11.6. The average Bonchev–Trinajstić information content (AvgIpc) is 2.94. The van der Waals surface area contributed by atoms with Crippen molar-refractivity contribution in [1.82, 2.24) is 10.2 Å². The van der Waals surface area contributed by atoms with Crippen molar-refractivity contribution in [2.75, 3.05) is 26.4 Å². The van der Waals surface area contributed by atoms with Crippen LogP contribution in [0.1, 0.15) is 38.3 Å². The molecule has 6 nitrogen and oxygen atoms in total. The second-order valence-corrected chi connectivity index (χ2v) is 7.28. The van der Waals surface area contributed by atoms with Gasteiger partial charge in [-0.2, -0.15) is 0 Å². The second kappa shape index (κ2) is 6.89. The zero-order valence-electron chi connectivity index (χ0n) is 14.7. The number of carbonyl (C=O) groups is 1. The van der Waals surface area contributed by atoms with Crippen LogP contribution in [-0.4, -0.2) is 43.0 Å². The molecule has 24 heavy (non-hydrogen) atoms. The quantitative estimate of drug-likeness (QED) is 0.858. The molecule has 0 saturated heterocycles. The van der Waals surface area contributed by atoms with Crippen LogP contribution in [0.4, 0.5) is 4.79 Å². The van der Waals surface area contributed by atoms with E-state index in [1.54, 1.807) is 0 Å². The number of alkyl carbamates (subject to hydrolysis) is 1. The van der Waals surface area contributed by atoms with Crippen molar-refractivity contribution in [2.45, 2.75) is 45.8 Å². The minimum atomic E-state index is -0.452. The van der Waals surface area contributed by atoms with Crippen molar-refractivity contribution in [3.8, 4) is 11.5 Å². The van der Waals surface area contributed by atoms with E-state index in [0.29, 0.717) is 13.3 Å². The highest BCUT2D eigenvalue weighted by molar-refractivity contribution is 5.67. The van der Waals surface area contributed by atoms with E-state index in [0.717, 1.165) is 44.0 Å². The Kier molecular flexibility index (Phi) is 4.85. The maximum atomic E-state index is 11.6. The number of carbonyl (C=O) groups excluding carboxylic acids is 1. The number of rotatable bonds is 4. The van der Waals surface area contributed by atoms with Crippen molar-refractivity contribution in [2.24, 2.45) is 0 Å². The van der Waals surface area contributed by atoms with Crippen LogP contribution in [0, 0.1) is 0 Å². The Labute approximate surface area is 143 Å². The molecule has 0 fully saturated rings. The summed E-state index contributed by atoms with van der Waals surface area (Å²) < 4.78 is 16.1. The number of nitrogens with zero attached hydrogens (tertiary/aromatic N) is 1. The Balaban J connectivity index is 1.43. The Hall–Kier alpha value is -1.95. The van der Waals surface area contributed by atoms with Gasteiger partial charge in [0.1, 0.15) is 5.60 Å². The predicted molar refractivity (Wildman–Crippen MR) is 90.4 cm³/mol. The molecule has 0 atom stereocenters. The molecule has 1 N–H and O–H groups in total. The van der Waals surface area contributed by atoms with Crippen LogP contribution in [0.5, 0.6) is 11.5 Å². The lowest BCUT2D eigenvalue weighted by molar-refractivity contribution is 0.0525. The summed E-state index contributed by atoms with van der Waals surface area (Å²) in [5, 5.41) is 2.81. The summed E-state index contributed by atoms with van der Waals surface area (Å²) in [7, 11) is 0. The summed E-state index contributed by atoms with van der Waals surface area (Å²) in [6.45, 7) is 9.43. The van der Waals surface area contributed by atoms with E-state index in [1.165, 1.54) is 11.1 Å². The van der Waals surface area contributed by atoms with Crippen LogP contribution in [0.25, 0.3) is 0 Å². The third-order valence-corrected chi connectivity index (χ3v) is 4.11. The number of ether oxygens (including phenoxy) is 3. The molecule has 0 aromatic heterocycles. The standard InChI is InChI=1S/C18H26N2O4/c1-18(2,3)24-17(21)19-6-4-7-20-8-5-13-9-15-16(23-12-22-15)10-14(13)11-20/h9-10H,4-8,11-12H2,1-3H3,(H,19,21). The van der Waals surface area contributed by atoms with Crippen molar-refractivity contribution >= 4 is 6.09 Å². The van der Waals surface area contributed by atoms with E-state index in [1.807, 2.05) is 20.8 Å². The molecule has 2 aliphatic heterocycles. The lowest BCUT2D eigenvalue weighted by Crippen LogP contribution is -2.36. The van der Waals surface area contributed by atoms with Crippen LogP contribution in [0.3, 0.4) is 0 Å². The van der Waals surface area contributed by atoms with Gasteiger partial charge in [-0.25, -0.2) is 4.79 Å². The van der Waals surface area contributed by atoms with Gasteiger partial charge in [-0.1, -0.05) is 0 Å². The third-order valence-electron chi connectivity index (χ3n) is 4.11. The minimum absolute atomic E-state index is 0.318. The van der Waals surface area contributed by atoms with Gasteiger partial charge in [0.25, 0.3) is 0 Å². The van der Waals surface area contributed by atoms with Crippen LogP contribution in [-0.2, 0) is 17.7 Å². The van der Waals surface area contributed by atoms with E-state index < -0.39 is 5.60 Å². The normalized spacial score (nSPS) is 16.6. The number of hydrogen-bond donors (Lipinski definition) is 1. The summed E-state index contributed by atoms with van der Waals surface area (Å²) in [4.78, 5) is 14.0. The minimum Gasteiger partial charge on any atom is -0.454 e. The maximum Gasteiger partial charge on any atom is 0.407 e. The summed E-state index contributed by atoms with van der Waals surface area (Å²) >= 11 is 0. The van der Waals surface area contributed by atoms with E-state index in [2.05, 4.69) is 22.3 Å². The van der Waals surface area contributed by atoms with E-state index in [-0.39, 0.29) is 6.09 Å². The third kappa shape index (κ3) is 4.32. The Morgan fingerprint density at radius 1 is 1.25 bits per heavy atom. The SMILES string of the molecule is CC(C)(C)OC(=O)NCCCN1CCc2cc3c(cc2C1)OCO3. The molecule has 0 radical (unpaired) electrons. The van der Waals surface area contributed by atoms with Gasteiger partial charge in [0.05, 0.1) is 0 Å². The Morgan fingerprint density at radius 2 is 1.96 bits per heavy atom. The first-order valence-electron chi connectivity index (χ1n) is 8.51. The molecule has 6 heteroatoms. The zero-order chi connectivity index (χ0) is 17.2. The molecule has 1 aromatic carbocycles. The lowest BCUT2D eigenvalue weighted by atomic mass is 9.99. The van der Waals surface area contributed by atoms with Gasteiger partial charge in [0, 0.05) is 26.2 Å². The molecule has 132 valence electrons. The summed E-state index contributed by atoms with van der Waals surface area (Å²) in [5.74, 6) is 1.71. The highest BCUT2D eigenvalue weighted by Gasteiger charge is 2.22. The fourth-order valence-corrected chi connectivity index (χ4v) is 3.00. The van der Waals surface area contributed by atoms with Crippen molar-refractivity contribution < 1.29 is 19.0 Å². The van der Waals surface area contributed by atoms with Crippen LogP contribution < -0.4 is 14.8 Å². The molecule has 0 bridgehead atoms. The van der Waals surface area contributed by atoms with Gasteiger partial charge in [-0.05, 0) is 56.9 Å². The molecule has 0 spiro atoms. The van der Waals surface area contributed by atoms with Gasteiger partial charge in [-0.15, -0.1) is 0 Å². The second-order valence-electron chi connectivity index (χ2n) is 7.28. The highest BCUT2D eigenvalue weighted by Crippen LogP contribution is 2.36. The van der Waals surface area contributed by atoms with Crippen LogP contribution >= 0.6 is 0 Å². The first-order valence-corrected chi connectivity index (χ1v) is 8.51. The largest absolute Gasteiger partial charge is 0.454 e. The van der Waals surface area contributed by atoms with Crippen molar-refractivity contribution in [3.63, 3.8) is 0 Å². The topological polar surface area (TPSA) is 60.0 Å². The van der Waals surface area contributed by atoms with Gasteiger partial charge in [0.2, 0.25) is 6.79 Å². The average molecular weight is 334 g/mol. The van der Waals surface area contributed by atoms with Crippen molar-refractivity contribution in [3.05, 3.63) is 23.3 Å². The monoisotopic (exact) mass is 334 g/mol. The summed E-state index contributed by atoms with van der Waals surface area (Å²) in [5.41, 5.74) is 2.21. The highest BCUT2D eigenvalue weighted by atomic mass is 16.7. The first kappa shape index (κ1) is 16.9. The van der Waals surface area contributed by atoms with Gasteiger partial charge in [-0.3, -0.25) is 4.90 Å². The summed E-state index contributed by atoms with van der Waals surface area (Å²) in [6.07, 6.45) is 1.57. The van der Waals surface area contributed by atoms with E-state index in [9.17, 15) is 4.79 Å². The fraction of sp³-hybridized carbons (Fsp3) is 0.611. The Morgan fingerprint density at radius 3 is 2.67 bits per heavy atom. The van der Waals surface area contributed by atoms with Gasteiger partial charge >= 0.3 is 6.09 Å². The number of amides is 1. The van der Waals surface area contributed by atoms with Crippen LogP contribution in [0.15, 0.2) is 12.1 Å². The molecule has 0 aliphatic carbocycles. The summed E-state index contributed by atoms with van der Waals surface area (Å²) in [6, 6.07) is 4.21. The number of fused-ring (bicyclic) bond motifs is 2. The number of nitrogens with one attached hydrogen (secondary N) is 1. The predicted octanol–water partition coefficient (Wildman–Crippen LogP) is 2.69. The molecule has 3 rings (SSSR count). The zero-order valence-corrected chi connectivity index (χ0v) is 14.7. The lowest BCUT2D eigenvalue weighted by Gasteiger charge is -2.29. The molecular formula is C18H26N2O4. The van der Waals surface area contributed by atoms with E-state index >= 15 is 0 Å². The molecule has 0 unspecified atom stereocenters. The number of benzene rings is 1. The molecular weight excluding hydrogens is 308 g/mol. The van der Waals surface area contributed by atoms with Gasteiger partial charge in [0.15, 0.2) is 11.5 Å². The molecule has 2 heterocycles. The smallest absolute Gasteiger partial charge is 0.407 e. The van der Waals surface area contributed by atoms with E-state index in [4.69, 9.17) is 14.2 Å².